The van der Waals surface area contributed by atoms with Gasteiger partial charge in [-0.1, -0.05) is 0 Å². The summed E-state index contributed by atoms with van der Waals surface area (Å²) in [4.78, 5) is 13.4. The number of amides is 1. The number of benzene rings is 2. The van der Waals surface area contributed by atoms with Crippen molar-refractivity contribution in [2.24, 2.45) is 0 Å². The summed E-state index contributed by atoms with van der Waals surface area (Å²) in [5.74, 6) is -2.66. The standard InChI is InChI=1S/C16H11F3N2O/c1-21(9-10-4-13(17)7-14(18)5-10)16(22)11-2-3-15(19)12(6-11)8-20/h2-7H,9H2,1H3. The van der Waals surface area contributed by atoms with Crippen LogP contribution in [0, 0.1) is 28.8 Å². The molecule has 2 aromatic rings. The molecule has 0 N–H and O–H groups in total. The molecule has 0 unspecified atom stereocenters. The molecule has 0 bridgehead atoms. The van der Waals surface area contributed by atoms with E-state index in [0.29, 0.717) is 0 Å². The highest BCUT2D eigenvalue weighted by atomic mass is 19.1. The van der Waals surface area contributed by atoms with Gasteiger partial charge in [-0.25, -0.2) is 13.2 Å². The summed E-state index contributed by atoms with van der Waals surface area (Å²) in [6, 6.07) is 8.06. The van der Waals surface area contributed by atoms with Crippen molar-refractivity contribution in [1.29, 1.82) is 5.26 Å². The van der Waals surface area contributed by atoms with E-state index in [1.54, 1.807) is 6.07 Å². The highest BCUT2D eigenvalue weighted by molar-refractivity contribution is 5.94. The van der Waals surface area contributed by atoms with Crippen LogP contribution in [0.2, 0.25) is 0 Å². The summed E-state index contributed by atoms with van der Waals surface area (Å²) in [5, 5.41) is 8.76. The first-order valence-corrected chi connectivity index (χ1v) is 6.31. The quantitative estimate of drug-likeness (QED) is 0.873. The highest BCUT2D eigenvalue weighted by Crippen LogP contribution is 2.14. The summed E-state index contributed by atoms with van der Waals surface area (Å²) >= 11 is 0. The molecule has 1 amide bonds. The van der Waals surface area contributed by atoms with E-state index >= 15 is 0 Å². The lowest BCUT2D eigenvalue weighted by atomic mass is 10.1. The minimum absolute atomic E-state index is 0.0211. The Morgan fingerprint density at radius 2 is 1.77 bits per heavy atom. The van der Waals surface area contributed by atoms with Crippen LogP contribution in [0.5, 0.6) is 0 Å². The monoisotopic (exact) mass is 304 g/mol. The third-order valence-corrected chi connectivity index (χ3v) is 3.02. The van der Waals surface area contributed by atoms with Gasteiger partial charge in [-0.2, -0.15) is 5.26 Å². The predicted octanol–water partition coefficient (Wildman–Crippen LogP) is 3.25. The van der Waals surface area contributed by atoms with E-state index in [9.17, 15) is 18.0 Å². The Morgan fingerprint density at radius 3 is 2.36 bits per heavy atom. The zero-order valence-electron chi connectivity index (χ0n) is 11.6. The van der Waals surface area contributed by atoms with E-state index in [0.717, 1.165) is 30.3 Å². The number of halogens is 3. The van der Waals surface area contributed by atoms with Gasteiger partial charge >= 0.3 is 0 Å². The molecular weight excluding hydrogens is 293 g/mol. The normalized spacial score (nSPS) is 10.1. The van der Waals surface area contributed by atoms with Gasteiger partial charge in [0.05, 0.1) is 5.56 Å². The van der Waals surface area contributed by atoms with Gasteiger partial charge in [-0.05, 0) is 35.9 Å². The van der Waals surface area contributed by atoms with Gasteiger partial charge in [0, 0.05) is 25.2 Å². The number of rotatable bonds is 3. The Morgan fingerprint density at radius 1 is 1.14 bits per heavy atom. The van der Waals surface area contributed by atoms with Crippen molar-refractivity contribution < 1.29 is 18.0 Å². The maximum absolute atomic E-state index is 13.2. The largest absolute Gasteiger partial charge is 0.337 e. The third-order valence-electron chi connectivity index (χ3n) is 3.02. The molecule has 112 valence electrons. The Hall–Kier alpha value is -2.81. The van der Waals surface area contributed by atoms with Crippen molar-refractivity contribution in [3.05, 3.63) is 70.5 Å². The molecule has 0 saturated carbocycles. The second kappa shape index (κ2) is 6.31. The summed E-state index contributed by atoms with van der Waals surface area (Å²) in [6.07, 6.45) is 0. The topological polar surface area (TPSA) is 44.1 Å². The van der Waals surface area contributed by atoms with Crippen molar-refractivity contribution in [2.45, 2.75) is 6.54 Å². The molecule has 0 aliphatic rings. The molecule has 22 heavy (non-hydrogen) atoms. The molecule has 0 aliphatic carbocycles. The van der Waals surface area contributed by atoms with Gasteiger partial charge in [0.15, 0.2) is 0 Å². The molecule has 0 radical (unpaired) electrons. The molecule has 0 saturated heterocycles. The average Bonchev–Trinajstić information content (AvgIpc) is 2.45. The lowest BCUT2D eigenvalue weighted by Crippen LogP contribution is -2.26. The van der Waals surface area contributed by atoms with E-state index in [1.807, 2.05) is 0 Å². The molecule has 0 aromatic heterocycles. The minimum Gasteiger partial charge on any atom is -0.337 e. The lowest BCUT2D eigenvalue weighted by molar-refractivity contribution is 0.0784. The number of hydrogen-bond donors (Lipinski definition) is 0. The highest BCUT2D eigenvalue weighted by Gasteiger charge is 2.15. The van der Waals surface area contributed by atoms with Crippen LogP contribution >= 0.6 is 0 Å². The van der Waals surface area contributed by atoms with Crippen molar-refractivity contribution in [3.63, 3.8) is 0 Å². The van der Waals surface area contributed by atoms with Crippen LogP contribution in [0.25, 0.3) is 0 Å². The molecule has 0 spiro atoms. The van der Waals surface area contributed by atoms with Crippen molar-refractivity contribution >= 4 is 5.91 Å². The Balaban J connectivity index is 2.20. The van der Waals surface area contributed by atoms with E-state index in [4.69, 9.17) is 5.26 Å². The first-order chi connectivity index (χ1) is 10.4. The molecule has 2 rings (SSSR count). The van der Waals surface area contributed by atoms with E-state index < -0.39 is 23.4 Å². The fourth-order valence-electron chi connectivity index (χ4n) is 2.01. The van der Waals surface area contributed by atoms with Crippen LogP contribution in [0.4, 0.5) is 13.2 Å². The number of carbonyl (C=O) groups is 1. The Bertz CT molecular complexity index is 748. The maximum atomic E-state index is 13.2. The second-order valence-corrected chi connectivity index (χ2v) is 4.75. The zero-order valence-corrected chi connectivity index (χ0v) is 11.6. The number of nitriles is 1. The predicted molar refractivity (Wildman–Crippen MR) is 73.3 cm³/mol. The van der Waals surface area contributed by atoms with Crippen LogP contribution < -0.4 is 0 Å². The van der Waals surface area contributed by atoms with Crippen LogP contribution in [-0.2, 0) is 6.54 Å². The van der Waals surface area contributed by atoms with Gasteiger partial charge in [0.1, 0.15) is 23.5 Å². The Kier molecular flexibility index (Phi) is 4.47. The summed E-state index contributed by atoms with van der Waals surface area (Å²) in [6.45, 7) is -0.0211. The Labute approximate surface area is 125 Å². The van der Waals surface area contributed by atoms with Gasteiger partial charge in [-0.15, -0.1) is 0 Å². The number of hydrogen-bond acceptors (Lipinski definition) is 2. The molecule has 0 aliphatic heterocycles. The average molecular weight is 304 g/mol. The van der Waals surface area contributed by atoms with Gasteiger partial charge < -0.3 is 4.90 Å². The SMILES string of the molecule is CN(Cc1cc(F)cc(F)c1)C(=O)c1ccc(F)c(C#N)c1. The van der Waals surface area contributed by atoms with Crippen LogP contribution in [0.15, 0.2) is 36.4 Å². The zero-order chi connectivity index (χ0) is 16.3. The second-order valence-electron chi connectivity index (χ2n) is 4.75. The lowest BCUT2D eigenvalue weighted by Gasteiger charge is -2.17. The first kappa shape index (κ1) is 15.6. The first-order valence-electron chi connectivity index (χ1n) is 6.31. The van der Waals surface area contributed by atoms with Crippen LogP contribution in [0.1, 0.15) is 21.5 Å². The van der Waals surface area contributed by atoms with Gasteiger partial charge in [-0.3, -0.25) is 4.79 Å². The molecule has 2 aromatic carbocycles. The molecule has 3 nitrogen and oxygen atoms in total. The fourth-order valence-corrected chi connectivity index (χ4v) is 2.01. The summed E-state index contributed by atoms with van der Waals surface area (Å²) in [5.41, 5.74) is 0.171. The molecule has 0 heterocycles. The molecule has 0 fully saturated rings. The van der Waals surface area contributed by atoms with E-state index in [-0.39, 0.29) is 23.2 Å². The van der Waals surface area contributed by atoms with E-state index in [2.05, 4.69) is 0 Å². The van der Waals surface area contributed by atoms with Gasteiger partial charge in [0.25, 0.3) is 5.91 Å². The number of carbonyl (C=O) groups excluding carboxylic acids is 1. The summed E-state index contributed by atoms with van der Waals surface area (Å²) in [7, 11) is 1.44. The van der Waals surface area contributed by atoms with Crippen molar-refractivity contribution in [1.82, 2.24) is 4.90 Å². The molecule has 6 heteroatoms. The maximum Gasteiger partial charge on any atom is 0.253 e. The fraction of sp³-hybridized carbons (Fsp3) is 0.125. The number of nitrogens with zero attached hydrogens (tertiary/aromatic N) is 2. The van der Waals surface area contributed by atoms with Gasteiger partial charge in [0.2, 0.25) is 0 Å². The molecular formula is C16H11F3N2O. The summed E-state index contributed by atoms with van der Waals surface area (Å²) < 4.78 is 39.5. The van der Waals surface area contributed by atoms with Crippen LogP contribution in [-0.4, -0.2) is 17.9 Å². The smallest absolute Gasteiger partial charge is 0.253 e. The van der Waals surface area contributed by atoms with Crippen molar-refractivity contribution in [2.75, 3.05) is 7.05 Å². The van der Waals surface area contributed by atoms with E-state index in [1.165, 1.54) is 18.0 Å². The minimum atomic E-state index is -0.732. The van der Waals surface area contributed by atoms with Crippen LogP contribution in [0.3, 0.4) is 0 Å². The van der Waals surface area contributed by atoms with Crippen molar-refractivity contribution in [3.8, 4) is 6.07 Å². The molecule has 0 atom stereocenters. The third kappa shape index (κ3) is 3.44.